The molecule has 1 aromatic carbocycles. The van der Waals surface area contributed by atoms with E-state index in [1.807, 2.05) is 0 Å². The molecule has 26 heavy (non-hydrogen) atoms. The quantitative estimate of drug-likeness (QED) is 0.588. The molecule has 0 bridgehead atoms. The lowest BCUT2D eigenvalue weighted by Gasteiger charge is -2.29. The van der Waals surface area contributed by atoms with Crippen molar-refractivity contribution < 1.29 is 18.1 Å². The van der Waals surface area contributed by atoms with Crippen molar-refractivity contribution in [3.05, 3.63) is 28.3 Å². The van der Waals surface area contributed by atoms with Gasteiger partial charge in [-0.2, -0.15) is 4.31 Å². The van der Waals surface area contributed by atoms with Crippen LogP contribution in [0.4, 0.5) is 11.4 Å². The highest BCUT2D eigenvalue weighted by Crippen LogP contribution is 2.30. The maximum Gasteiger partial charge on any atom is 0.293 e. The van der Waals surface area contributed by atoms with Gasteiger partial charge in [-0.15, -0.1) is 0 Å². The van der Waals surface area contributed by atoms with E-state index in [9.17, 15) is 23.3 Å². The van der Waals surface area contributed by atoms with Crippen molar-refractivity contribution in [2.45, 2.75) is 24.7 Å². The Bertz CT molecular complexity index is 786. The summed E-state index contributed by atoms with van der Waals surface area (Å²) in [4.78, 5) is 23.6. The zero-order chi connectivity index (χ0) is 19.5. The first-order valence-electron chi connectivity index (χ1n) is 8.35. The lowest BCUT2D eigenvalue weighted by atomic mass is 10.0. The van der Waals surface area contributed by atoms with Crippen molar-refractivity contribution in [1.29, 1.82) is 0 Å². The molecule has 1 amide bonds. The fourth-order valence-electron chi connectivity index (χ4n) is 2.68. The minimum absolute atomic E-state index is 0.108. The highest BCUT2D eigenvalue weighted by atomic mass is 32.2. The molecule has 1 heterocycles. The first-order chi connectivity index (χ1) is 12.1. The van der Waals surface area contributed by atoms with Crippen LogP contribution in [0.25, 0.3) is 0 Å². The molecule has 1 aromatic rings. The molecule has 2 rings (SSSR count). The zero-order valence-corrected chi connectivity index (χ0v) is 16.0. The number of rotatable bonds is 6. The summed E-state index contributed by atoms with van der Waals surface area (Å²) in [6.07, 6.45) is 1.54. The van der Waals surface area contributed by atoms with Crippen LogP contribution in [0.3, 0.4) is 0 Å². The molecule has 1 saturated heterocycles. The van der Waals surface area contributed by atoms with Gasteiger partial charge in [0.05, 0.1) is 16.4 Å². The van der Waals surface area contributed by atoms with Gasteiger partial charge in [0.2, 0.25) is 15.9 Å². The SMILES string of the molecule is CC1CCN(S(=O)(=O)c2ccc(NCC(=O)N(C)C)c([N+](=O)[O-])c2)CC1. The fourth-order valence-corrected chi connectivity index (χ4v) is 4.17. The lowest BCUT2D eigenvalue weighted by molar-refractivity contribution is -0.384. The van der Waals surface area contributed by atoms with Crippen LogP contribution in [0.1, 0.15) is 19.8 Å². The number of benzene rings is 1. The van der Waals surface area contributed by atoms with Crippen LogP contribution in [-0.2, 0) is 14.8 Å². The van der Waals surface area contributed by atoms with Gasteiger partial charge in [0.1, 0.15) is 5.69 Å². The van der Waals surface area contributed by atoms with Crippen molar-refractivity contribution in [1.82, 2.24) is 9.21 Å². The lowest BCUT2D eigenvalue weighted by Crippen LogP contribution is -2.37. The third-order valence-corrected chi connectivity index (χ3v) is 6.37. The third kappa shape index (κ3) is 4.50. The predicted octanol–water partition coefficient (Wildman–Crippen LogP) is 1.52. The summed E-state index contributed by atoms with van der Waals surface area (Å²) in [5, 5.41) is 14.1. The predicted molar refractivity (Wildman–Crippen MR) is 97.4 cm³/mol. The fraction of sp³-hybridized carbons (Fsp3) is 0.562. The molecule has 1 aliphatic rings. The van der Waals surface area contributed by atoms with Gasteiger partial charge in [0.25, 0.3) is 5.69 Å². The van der Waals surface area contributed by atoms with Crippen LogP contribution >= 0.6 is 0 Å². The van der Waals surface area contributed by atoms with E-state index in [-0.39, 0.29) is 28.7 Å². The van der Waals surface area contributed by atoms with E-state index in [1.165, 1.54) is 21.3 Å². The second-order valence-electron chi connectivity index (χ2n) is 6.66. The number of carbonyl (C=O) groups excluding carboxylic acids is 1. The second kappa shape index (κ2) is 8.00. The smallest absolute Gasteiger partial charge is 0.293 e. The van der Waals surface area contributed by atoms with Crippen molar-refractivity contribution in [2.75, 3.05) is 39.0 Å². The molecule has 1 fully saturated rings. The molecule has 0 saturated carbocycles. The number of amides is 1. The maximum absolute atomic E-state index is 12.8. The van der Waals surface area contributed by atoms with Gasteiger partial charge >= 0.3 is 0 Å². The monoisotopic (exact) mass is 384 g/mol. The summed E-state index contributed by atoms with van der Waals surface area (Å²) in [6, 6.07) is 3.72. The van der Waals surface area contributed by atoms with E-state index in [0.717, 1.165) is 18.9 Å². The molecule has 0 spiro atoms. The van der Waals surface area contributed by atoms with E-state index in [0.29, 0.717) is 19.0 Å². The number of nitrogens with zero attached hydrogens (tertiary/aromatic N) is 3. The number of anilines is 1. The highest BCUT2D eigenvalue weighted by molar-refractivity contribution is 7.89. The molecular formula is C16H24N4O5S. The maximum atomic E-state index is 12.8. The number of hydrogen-bond donors (Lipinski definition) is 1. The van der Waals surface area contributed by atoms with Gasteiger partial charge in [0.15, 0.2) is 0 Å². The minimum Gasteiger partial charge on any atom is -0.371 e. The van der Waals surface area contributed by atoms with Crippen molar-refractivity contribution in [2.24, 2.45) is 5.92 Å². The van der Waals surface area contributed by atoms with Gasteiger partial charge in [-0.25, -0.2) is 8.42 Å². The number of carbonyl (C=O) groups is 1. The van der Waals surface area contributed by atoms with Gasteiger partial charge in [-0.3, -0.25) is 14.9 Å². The molecular weight excluding hydrogens is 360 g/mol. The topological polar surface area (TPSA) is 113 Å². The number of nitro groups is 1. The van der Waals surface area contributed by atoms with E-state index in [2.05, 4.69) is 12.2 Å². The van der Waals surface area contributed by atoms with E-state index in [1.54, 1.807) is 14.1 Å². The second-order valence-corrected chi connectivity index (χ2v) is 8.60. The first kappa shape index (κ1) is 20.1. The van der Waals surface area contributed by atoms with Crippen LogP contribution in [0.5, 0.6) is 0 Å². The standard InChI is InChI=1S/C16H24N4O5S/c1-12-6-8-19(9-7-12)26(24,25)13-4-5-14(15(10-13)20(22)23)17-11-16(21)18(2)3/h4-5,10,12,17H,6-9,11H2,1-3H3. The molecule has 1 N–H and O–H groups in total. The first-order valence-corrected chi connectivity index (χ1v) is 9.79. The zero-order valence-electron chi connectivity index (χ0n) is 15.1. The van der Waals surface area contributed by atoms with Crippen LogP contribution in [0.15, 0.2) is 23.1 Å². The Hall–Kier alpha value is -2.20. The van der Waals surface area contributed by atoms with Crippen molar-refractivity contribution in [3.63, 3.8) is 0 Å². The minimum atomic E-state index is -3.78. The Balaban J connectivity index is 2.27. The Morgan fingerprint density at radius 1 is 1.35 bits per heavy atom. The molecule has 144 valence electrons. The third-order valence-electron chi connectivity index (χ3n) is 4.48. The average molecular weight is 384 g/mol. The summed E-state index contributed by atoms with van der Waals surface area (Å²) in [7, 11) is -0.623. The van der Waals surface area contributed by atoms with Crippen molar-refractivity contribution >= 4 is 27.3 Å². The molecule has 0 aliphatic carbocycles. The van der Waals surface area contributed by atoms with E-state index >= 15 is 0 Å². The van der Waals surface area contributed by atoms with Crippen molar-refractivity contribution in [3.8, 4) is 0 Å². The number of likely N-dealkylation sites (N-methyl/N-ethyl adjacent to an activating group) is 1. The Morgan fingerprint density at radius 3 is 2.50 bits per heavy atom. The summed E-state index contributed by atoms with van der Waals surface area (Å²) in [5.74, 6) is 0.218. The number of nitro benzene ring substituents is 1. The molecule has 0 atom stereocenters. The molecule has 9 nitrogen and oxygen atoms in total. The number of sulfonamides is 1. The molecule has 1 aliphatic heterocycles. The number of nitrogens with one attached hydrogen (secondary N) is 1. The normalized spacial score (nSPS) is 16.3. The van der Waals surface area contributed by atoms with Gasteiger partial charge in [-0.1, -0.05) is 6.92 Å². The van der Waals surface area contributed by atoms with Crippen LogP contribution in [-0.4, -0.2) is 62.2 Å². The Kier molecular flexibility index (Phi) is 6.19. The highest BCUT2D eigenvalue weighted by Gasteiger charge is 2.30. The summed E-state index contributed by atoms with van der Waals surface area (Å²) < 4.78 is 26.9. The molecule has 0 radical (unpaired) electrons. The summed E-state index contributed by atoms with van der Waals surface area (Å²) in [5.41, 5.74) is -0.264. The van der Waals surface area contributed by atoms with Gasteiger partial charge in [0, 0.05) is 33.3 Å². The van der Waals surface area contributed by atoms with E-state index in [4.69, 9.17) is 0 Å². The van der Waals surface area contributed by atoms with Crippen LogP contribution in [0, 0.1) is 16.0 Å². The molecule has 10 heteroatoms. The van der Waals surface area contributed by atoms with Crippen LogP contribution < -0.4 is 5.32 Å². The Morgan fingerprint density at radius 2 is 1.96 bits per heavy atom. The molecule has 0 aromatic heterocycles. The number of piperidine rings is 1. The summed E-state index contributed by atoms with van der Waals surface area (Å²) in [6.45, 7) is 2.78. The van der Waals surface area contributed by atoms with Gasteiger partial charge < -0.3 is 10.2 Å². The van der Waals surface area contributed by atoms with Gasteiger partial charge in [-0.05, 0) is 30.9 Å². The molecule has 0 unspecified atom stereocenters. The largest absolute Gasteiger partial charge is 0.371 e. The van der Waals surface area contributed by atoms with Crippen LogP contribution in [0.2, 0.25) is 0 Å². The summed E-state index contributed by atoms with van der Waals surface area (Å²) >= 11 is 0. The van der Waals surface area contributed by atoms with E-state index < -0.39 is 14.9 Å². The number of hydrogen-bond acceptors (Lipinski definition) is 6. The Labute approximate surface area is 153 Å². The average Bonchev–Trinajstić information content (AvgIpc) is 2.59.